The summed E-state index contributed by atoms with van der Waals surface area (Å²) in [6, 6.07) is 13.2. The highest BCUT2D eigenvalue weighted by molar-refractivity contribution is 7.93. The van der Waals surface area contributed by atoms with Gasteiger partial charge in [-0.3, -0.25) is 14.0 Å². The number of para-hydroxylation sites is 1. The van der Waals surface area contributed by atoms with Crippen LogP contribution in [0, 0.1) is 6.92 Å². The number of rotatable bonds is 4. The number of hydrogen-bond acceptors (Lipinski definition) is 5. The van der Waals surface area contributed by atoms with Crippen LogP contribution < -0.4 is 9.03 Å². The van der Waals surface area contributed by atoms with Gasteiger partial charge in [0.15, 0.2) is 0 Å². The van der Waals surface area contributed by atoms with Crippen LogP contribution in [0.25, 0.3) is 10.9 Å². The van der Waals surface area contributed by atoms with Crippen molar-refractivity contribution in [2.75, 3.05) is 21.3 Å². The molecule has 3 aromatic rings. The largest absolute Gasteiger partial charge is 0.280 e. The predicted molar refractivity (Wildman–Crippen MR) is 109 cm³/mol. The van der Waals surface area contributed by atoms with Crippen LogP contribution in [-0.2, 0) is 20.0 Å². The highest BCUT2D eigenvalue weighted by Crippen LogP contribution is 2.27. The van der Waals surface area contributed by atoms with Crippen LogP contribution >= 0.6 is 0 Å². The number of anilines is 2. The lowest BCUT2D eigenvalue weighted by atomic mass is 10.2. The molecule has 28 heavy (non-hydrogen) atoms. The summed E-state index contributed by atoms with van der Waals surface area (Å²) in [6.07, 6.45) is 2.22. The third-order valence-corrected chi connectivity index (χ3v) is 7.89. The monoisotopic (exact) mass is 417 g/mol. The van der Waals surface area contributed by atoms with E-state index in [0.29, 0.717) is 29.9 Å². The Morgan fingerprint density at radius 3 is 2.54 bits per heavy atom. The predicted octanol–water partition coefficient (Wildman–Crippen LogP) is 2.88. The quantitative estimate of drug-likeness (QED) is 0.704. The average Bonchev–Trinajstić information content (AvgIpc) is 3.00. The summed E-state index contributed by atoms with van der Waals surface area (Å²) >= 11 is 0. The van der Waals surface area contributed by atoms with E-state index in [-0.39, 0.29) is 10.6 Å². The maximum absolute atomic E-state index is 12.9. The summed E-state index contributed by atoms with van der Waals surface area (Å²) in [6.45, 7) is 2.34. The summed E-state index contributed by atoms with van der Waals surface area (Å²) in [4.78, 5) is 4.37. The Hall–Kier alpha value is -2.65. The third kappa shape index (κ3) is 3.43. The van der Waals surface area contributed by atoms with Crippen LogP contribution in [-0.4, -0.2) is 34.1 Å². The summed E-state index contributed by atoms with van der Waals surface area (Å²) in [5.41, 5.74) is 2.23. The summed E-state index contributed by atoms with van der Waals surface area (Å²) in [5, 5.41) is 0.748. The van der Waals surface area contributed by atoms with Gasteiger partial charge in [-0.25, -0.2) is 16.8 Å². The zero-order valence-electron chi connectivity index (χ0n) is 15.2. The number of hydrogen-bond donors (Lipinski definition) is 1. The number of fused-ring (bicyclic) bond motifs is 1. The van der Waals surface area contributed by atoms with E-state index in [1.807, 2.05) is 19.1 Å². The van der Waals surface area contributed by atoms with Gasteiger partial charge in [0.2, 0.25) is 10.0 Å². The van der Waals surface area contributed by atoms with Crippen molar-refractivity contribution >= 4 is 42.3 Å². The summed E-state index contributed by atoms with van der Waals surface area (Å²) in [5.74, 6) is 0.134. The molecule has 2 heterocycles. The standard InChI is InChI=1S/C19H19N3O4S2/c1-14-12-15-4-2-5-18(19(15)20-13-14)28(25,26)21-16-6-8-17(9-7-16)22-10-3-11-27(22,23)24/h2,4-9,12-13,21H,3,10-11H2,1H3. The Morgan fingerprint density at radius 1 is 1.11 bits per heavy atom. The van der Waals surface area contributed by atoms with Crippen LogP contribution in [0.5, 0.6) is 0 Å². The molecule has 0 spiro atoms. The van der Waals surface area contributed by atoms with Crippen molar-refractivity contribution in [3.05, 3.63) is 60.3 Å². The second kappa shape index (κ2) is 6.75. The Labute approximate surface area is 164 Å². The zero-order chi connectivity index (χ0) is 19.9. The second-order valence-corrected chi connectivity index (χ2v) is 10.4. The molecule has 0 bridgehead atoms. The minimum Gasteiger partial charge on any atom is -0.280 e. The van der Waals surface area contributed by atoms with E-state index < -0.39 is 20.0 Å². The van der Waals surface area contributed by atoms with Crippen LogP contribution in [0.3, 0.4) is 0 Å². The smallest absolute Gasteiger partial charge is 0.264 e. The van der Waals surface area contributed by atoms with Crippen molar-refractivity contribution in [2.24, 2.45) is 0 Å². The Balaban J connectivity index is 1.64. The third-order valence-electron chi connectivity index (χ3n) is 4.61. The molecule has 1 aliphatic rings. The fraction of sp³-hybridized carbons (Fsp3) is 0.211. The summed E-state index contributed by atoms with van der Waals surface area (Å²) in [7, 11) is -7.12. The first-order valence-corrected chi connectivity index (χ1v) is 11.8. The maximum atomic E-state index is 12.9. The van der Waals surface area contributed by atoms with Crippen molar-refractivity contribution in [1.82, 2.24) is 4.98 Å². The highest BCUT2D eigenvalue weighted by atomic mass is 32.2. The molecule has 0 aliphatic carbocycles. The minimum absolute atomic E-state index is 0.0937. The number of aromatic nitrogens is 1. The molecule has 2 aromatic carbocycles. The molecule has 1 saturated heterocycles. The van der Waals surface area contributed by atoms with Gasteiger partial charge in [-0.1, -0.05) is 12.1 Å². The molecule has 0 amide bonds. The Morgan fingerprint density at radius 2 is 1.86 bits per heavy atom. The normalized spacial score (nSPS) is 16.4. The first-order valence-electron chi connectivity index (χ1n) is 8.75. The van der Waals surface area contributed by atoms with E-state index in [9.17, 15) is 16.8 Å². The fourth-order valence-electron chi connectivity index (χ4n) is 3.30. The highest BCUT2D eigenvalue weighted by Gasteiger charge is 2.28. The van der Waals surface area contributed by atoms with Gasteiger partial charge >= 0.3 is 0 Å². The van der Waals surface area contributed by atoms with Gasteiger partial charge < -0.3 is 0 Å². The van der Waals surface area contributed by atoms with E-state index in [1.54, 1.807) is 36.5 Å². The molecule has 1 aromatic heterocycles. The molecule has 7 nitrogen and oxygen atoms in total. The van der Waals surface area contributed by atoms with Crippen molar-refractivity contribution in [3.8, 4) is 0 Å². The first-order chi connectivity index (χ1) is 13.3. The molecule has 1 aliphatic heterocycles. The average molecular weight is 418 g/mol. The summed E-state index contributed by atoms with van der Waals surface area (Å²) < 4.78 is 53.7. The van der Waals surface area contributed by atoms with Gasteiger partial charge in [0, 0.05) is 23.8 Å². The molecular weight excluding hydrogens is 398 g/mol. The van der Waals surface area contributed by atoms with Crippen molar-refractivity contribution in [2.45, 2.75) is 18.2 Å². The molecule has 0 radical (unpaired) electrons. The van der Waals surface area contributed by atoms with Crippen molar-refractivity contribution < 1.29 is 16.8 Å². The van der Waals surface area contributed by atoms with Crippen LogP contribution in [0.4, 0.5) is 11.4 Å². The second-order valence-electron chi connectivity index (χ2n) is 6.73. The van der Waals surface area contributed by atoms with E-state index in [1.165, 1.54) is 10.4 Å². The first kappa shape index (κ1) is 18.7. The lowest BCUT2D eigenvalue weighted by Gasteiger charge is -2.17. The molecule has 0 saturated carbocycles. The van der Waals surface area contributed by atoms with Crippen LogP contribution in [0.1, 0.15) is 12.0 Å². The molecule has 0 unspecified atom stereocenters. The number of pyridine rings is 1. The van der Waals surface area contributed by atoms with Gasteiger partial charge in [-0.05, 0) is 55.3 Å². The van der Waals surface area contributed by atoms with Gasteiger partial charge in [0.05, 0.1) is 17.0 Å². The molecular formula is C19H19N3O4S2. The topological polar surface area (TPSA) is 96.4 Å². The number of benzene rings is 2. The molecule has 9 heteroatoms. The SMILES string of the molecule is Cc1cnc2c(S(=O)(=O)Nc3ccc(N4CCCS4(=O)=O)cc3)cccc2c1. The number of aryl methyl sites for hydroxylation is 1. The van der Waals surface area contributed by atoms with E-state index >= 15 is 0 Å². The number of nitrogens with zero attached hydrogens (tertiary/aromatic N) is 2. The maximum Gasteiger partial charge on any atom is 0.264 e. The van der Waals surface area contributed by atoms with E-state index in [0.717, 1.165) is 10.9 Å². The van der Waals surface area contributed by atoms with Crippen LogP contribution in [0.2, 0.25) is 0 Å². The number of sulfonamides is 2. The van der Waals surface area contributed by atoms with Gasteiger partial charge in [-0.2, -0.15) is 0 Å². The lowest BCUT2D eigenvalue weighted by molar-refractivity contribution is 0.598. The van der Waals surface area contributed by atoms with Gasteiger partial charge in [-0.15, -0.1) is 0 Å². The Kier molecular flexibility index (Phi) is 4.51. The molecule has 1 fully saturated rings. The van der Waals surface area contributed by atoms with Gasteiger partial charge in [0.25, 0.3) is 10.0 Å². The van der Waals surface area contributed by atoms with Crippen molar-refractivity contribution in [3.63, 3.8) is 0 Å². The molecule has 1 N–H and O–H groups in total. The molecule has 146 valence electrons. The molecule has 0 atom stereocenters. The van der Waals surface area contributed by atoms with Crippen LogP contribution in [0.15, 0.2) is 59.6 Å². The van der Waals surface area contributed by atoms with E-state index in [2.05, 4.69) is 9.71 Å². The lowest BCUT2D eigenvalue weighted by Crippen LogP contribution is -2.25. The Bertz CT molecular complexity index is 1250. The fourth-order valence-corrected chi connectivity index (χ4v) is 6.10. The van der Waals surface area contributed by atoms with Crippen molar-refractivity contribution in [1.29, 1.82) is 0 Å². The number of nitrogens with one attached hydrogen (secondary N) is 1. The molecule has 4 rings (SSSR count). The van der Waals surface area contributed by atoms with Gasteiger partial charge in [0.1, 0.15) is 4.90 Å². The minimum atomic E-state index is -3.85. The zero-order valence-corrected chi connectivity index (χ0v) is 16.8. The van der Waals surface area contributed by atoms with E-state index in [4.69, 9.17) is 0 Å².